The van der Waals surface area contributed by atoms with Gasteiger partial charge in [0.15, 0.2) is 0 Å². The van der Waals surface area contributed by atoms with E-state index in [1.165, 1.54) is 11.1 Å². The van der Waals surface area contributed by atoms with Gasteiger partial charge in [-0.25, -0.2) is 0 Å². The summed E-state index contributed by atoms with van der Waals surface area (Å²) in [6.45, 7) is 9.07. The van der Waals surface area contributed by atoms with Gasteiger partial charge in [0.2, 0.25) is 5.91 Å². The number of benzene rings is 1. The number of carbonyl (C=O) groups is 2. The van der Waals surface area contributed by atoms with Crippen LogP contribution in [0.3, 0.4) is 0 Å². The van der Waals surface area contributed by atoms with Gasteiger partial charge in [0.25, 0.3) is 5.91 Å². The Kier molecular flexibility index (Phi) is 5.67. The lowest BCUT2D eigenvalue weighted by atomic mass is 9.77. The lowest BCUT2D eigenvalue weighted by Gasteiger charge is -2.49. The molecule has 6 heteroatoms. The maximum Gasteiger partial charge on any atom is 0.253 e. The Hall–Kier alpha value is -2.44. The molecular formula is C25H32N4O2. The number of hydrogen-bond donors (Lipinski definition) is 1. The summed E-state index contributed by atoms with van der Waals surface area (Å²) in [4.78, 5) is 32.2. The summed E-state index contributed by atoms with van der Waals surface area (Å²) in [5, 5.41) is 3.42. The van der Waals surface area contributed by atoms with Crippen molar-refractivity contribution in [2.75, 3.05) is 52.4 Å². The molecule has 0 aromatic heterocycles. The van der Waals surface area contributed by atoms with Gasteiger partial charge < -0.3 is 15.1 Å². The third-order valence-electron chi connectivity index (χ3n) is 7.49. The van der Waals surface area contributed by atoms with Crippen LogP contribution in [0.4, 0.5) is 0 Å². The fraction of sp³-hybridized carbons (Fsp3) is 0.520. The molecule has 1 N–H and O–H groups in total. The predicted molar refractivity (Wildman–Crippen MR) is 121 cm³/mol. The van der Waals surface area contributed by atoms with Crippen LogP contribution in [-0.2, 0) is 4.79 Å². The summed E-state index contributed by atoms with van der Waals surface area (Å²) < 4.78 is 0. The molecule has 6 nitrogen and oxygen atoms in total. The minimum atomic E-state index is -0.0156. The molecule has 0 radical (unpaired) electrons. The molecule has 5 rings (SSSR count). The van der Waals surface area contributed by atoms with Crippen LogP contribution in [0.1, 0.15) is 23.7 Å². The van der Waals surface area contributed by atoms with Crippen molar-refractivity contribution in [1.82, 2.24) is 20.0 Å². The second-order valence-corrected chi connectivity index (χ2v) is 9.24. The molecule has 2 atom stereocenters. The van der Waals surface area contributed by atoms with E-state index in [-0.39, 0.29) is 17.7 Å². The van der Waals surface area contributed by atoms with Crippen molar-refractivity contribution in [2.24, 2.45) is 11.8 Å². The number of likely N-dealkylation sites (tertiary alicyclic amines) is 1. The zero-order chi connectivity index (χ0) is 21.4. The van der Waals surface area contributed by atoms with Crippen molar-refractivity contribution in [1.29, 1.82) is 0 Å². The number of carbonyl (C=O) groups excluding carboxylic acids is 2. The average Bonchev–Trinajstić information content (AvgIpc) is 2.79. The Bertz CT molecular complexity index is 895. The number of nitrogens with one attached hydrogen (secondary N) is 1. The highest BCUT2D eigenvalue weighted by Crippen LogP contribution is 2.35. The fourth-order valence-corrected chi connectivity index (χ4v) is 5.44. The molecule has 3 heterocycles. The number of rotatable bonds is 3. The van der Waals surface area contributed by atoms with E-state index in [1.807, 2.05) is 40.1 Å². The lowest BCUT2D eigenvalue weighted by Crippen LogP contribution is -2.65. The number of hydrogen-bond acceptors (Lipinski definition) is 4. The number of nitrogens with zero attached hydrogens (tertiary/aromatic N) is 3. The van der Waals surface area contributed by atoms with Crippen LogP contribution in [0.25, 0.3) is 0 Å². The standard InChI is InChI=1S/C25H32N4O2/c1-18-22-9-10-26-15-20(22)7-8-23(18)25(31)29-16-21(17-29)27-11-13-28(14-12-27)24(30)19-5-3-2-4-6-19/h2-8,18,21,23,26H,9-17H2,1H3. The van der Waals surface area contributed by atoms with Gasteiger partial charge in [-0.05, 0) is 36.6 Å². The summed E-state index contributed by atoms with van der Waals surface area (Å²) in [6.07, 6.45) is 5.35. The van der Waals surface area contributed by atoms with E-state index >= 15 is 0 Å². The van der Waals surface area contributed by atoms with Gasteiger partial charge in [-0.1, -0.05) is 42.8 Å². The summed E-state index contributed by atoms with van der Waals surface area (Å²) in [6, 6.07) is 9.95. The Morgan fingerprint density at radius 1 is 1.00 bits per heavy atom. The summed E-state index contributed by atoms with van der Waals surface area (Å²) >= 11 is 0. The van der Waals surface area contributed by atoms with E-state index in [0.29, 0.717) is 12.0 Å². The Morgan fingerprint density at radius 3 is 2.48 bits per heavy atom. The molecule has 2 unspecified atom stereocenters. The molecular weight excluding hydrogens is 388 g/mol. The topological polar surface area (TPSA) is 55.9 Å². The van der Waals surface area contributed by atoms with Gasteiger partial charge in [0, 0.05) is 57.4 Å². The highest BCUT2D eigenvalue weighted by atomic mass is 16.2. The molecule has 1 aromatic carbocycles. The number of piperazine rings is 1. The predicted octanol–water partition coefficient (Wildman–Crippen LogP) is 1.77. The molecule has 31 heavy (non-hydrogen) atoms. The van der Waals surface area contributed by atoms with Crippen molar-refractivity contribution in [3.8, 4) is 0 Å². The first-order valence-corrected chi connectivity index (χ1v) is 11.6. The summed E-state index contributed by atoms with van der Waals surface area (Å²) in [7, 11) is 0. The van der Waals surface area contributed by atoms with Crippen LogP contribution in [0.5, 0.6) is 0 Å². The van der Waals surface area contributed by atoms with E-state index < -0.39 is 0 Å². The zero-order valence-corrected chi connectivity index (χ0v) is 18.3. The molecule has 4 aliphatic rings. The second kappa shape index (κ2) is 8.60. The molecule has 2 fully saturated rings. The van der Waals surface area contributed by atoms with Gasteiger partial charge in [-0.2, -0.15) is 0 Å². The van der Waals surface area contributed by atoms with Crippen LogP contribution < -0.4 is 5.32 Å². The van der Waals surface area contributed by atoms with E-state index in [1.54, 1.807) is 0 Å². The molecule has 3 aliphatic heterocycles. The summed E-state index contributed by atoms with van der Waals surface area (Å²) in [5.74, 6) is 0.692. The molecule has 0 spiro atoms. The first kappa shape index (κ1) is 20.5. The minimum absolute atomic E-state index is 0.0156. The van der Waals surface area contributed by atoms with Crippen LogP contribution in [0.2, 0.25) is 0 Å². The highest BCUT2D eigenvalue weighted by Gasteiger charge is 2.41. The first-order valence-electron chi connectivity index (χ1n) is 11.6. The number of amides is 2. The molecule has 1 aliphatic carbocycles. The monoisotopic (exact) mass is 420 g/mol. The quantitative estimate of drug-likeness (QED) is 0.810. The molecule has 0 saturated carbocycles. The Labute approximate surface area is 184 Å². The second-order valence-electron chi connectivity index (χ2n) is 9.24. The van der Waals surface area contributed by atoms with E-state index in [4.69, 9.17) is 0 Å². The van der Waals surface area contributed by atoms with Crippen molar-refractivity contribution < 1.29 is 9.59 Å². The van der Waals surface area contributed by atoms with Gasteiger partial charge in [-0.3, -0.25) is 14.5 Å². The van der Waals surface area contributed by atoms with Gasteiger partial charge in [-0.15, -0.1) is 0 Å². The molecule has 0 bridgehead atoms. The largest absolute Gasteiger partial charge is 0.339 e. The van der Waals surface area contributed by atoms with Crippen molar-refractivity contribution in [3.63, 3.8) is 0 Å². The minimum Gasteiger partial charge on any atom is -0.339 e. The third-order valence-corrected chi connectivity index (χ3v) is 7.49. The van der Waals surface area contributed by atoms with Crippen LogP contribution in [-0.4, -0.2) is 84.9 Å². The Morgan fingerprint density at radius 2 is 1.74 bits per heavy atom. The van der Waals surface area contributed by atoms with Crippen molar-refractivity contribution in [3.05, 3.63) is 59.2 Å². The fourth-order valence-electron chi connectivity index (χ4n) is 5.44. The highest BCUT2D eigenvalue weighted by molar-refractivity contribution is 5.94. The maximum atomic E-state index is 13.2. The lowest BCUT2D eigenvalue weighted by molar-refractivity contribution is -0.143. The SMILES string of the molecule is CC1C2=C(C=CC1C(=O)N1CC(N3CCN(C(=O)c4ccccc4)CC3)C1)CNCC2. The van der Waals surface area contributed by atoms with Crippen molar-refractivity contribution in [2.45, 2.75) is 19.4 Å². The van der Waals surface area contributed by atoms with E-state index in [2.05, 4.69) is 29.3 Å². The van der Waals surface area contributed by atoms with Crippen LogP contribution in [0, 0.1) is 11.8 Å². The smallest absolute Gasteiger partial charge is 0.253 e. The van der Waals surface area contributed by atoms with E-state index in [9.17, 15) is 9.59 Å². The molecule has 164 valence electrons. The zero-order valence-electron chi connectivity index (χ0n) is 18.3. The maximum absolute atomic E-state index is 13.2. The molecule has 2 saturated heterocycles. The third kappa shape index (κ3) is 3.94. The van der Waals surface area contributed by atoms with Crippen molar-refractivity contribution >= 4 is 11.8 Å². The molecule has 1 aromatic rings. The summed E-state index contributed by atoms with van der Waals surface area (Å²) in [5.41, 5.74) is 3.61. The van der Waals surface area contributed by atoms with E-state index in [0.717, 1.165) is 64.3 Å². The van der Waals surface area contributed by atoms with Gasteiger partial charge in [0.05, 0.1) is 5.92 Å². The first-order chi connectivity index (χ1) is 15.1. The van der Waals surface area contributed by atoms with Gasteiger partial charge in [0.1, 0.15) is 0 Å². The normalized spacial score (nSPS) is 27.1. The average molecular weight is 421 g/mol. The van der Waals surface area contributed by atoms with Crippen LogP contribution >= 0.6 is 0 Å². The Balaban J connectivity index is 1.11. The van der Waals surface area contributed by atoms with Crippen LogP contribution in [0.15, 0.2) is 53.6 Å². The molecule has 2 amide bonds. The van der Waals surface area contributed by atoms with Gasteiger partial charge >= 0.3 is 0 Å².